The Bertz CT molecular complexity index is 825. The van der Waals surface area contributed by atoms with E-state index in [0.717, 1.165) is 10.4 Å². The molecule has 2 unspecified atom stereocenters. The minimum Gasteiger partial charge on any atom is -0.393 e. The van der Waals surface area contributed by atoms with E-state index in [2.05, 4.69) is 25.5 Å². The lowest BCUT2D eigenvalue weighted by Crippen LogP contribution is -2.39. The molecule has 0 saturated carbocycles. The number of amides is 1. The molecule has 0 aromatic carbocycles. The second-order valence-corrected chi connectivity index (χ2v) is 6.65. The van der Waals surface area contributed by atoms with Gasteiger partial charge in [0.1, 0.15) is 12.0 Å². The Morgan fingerprint density at radius 3 is 2.88 bits per heavy atom. The third-order valence-electron chi connectivity index (χ3n) is 3.77. The van der Waals surface area contributed by atoms with Crippen LogP contribution < -0.4 is 5.32 Å². The molecule has 2 atom stereocenters. The maximum Gasteiger partial charge on any atom is 0.252 e. The normalized spacial score (nSPS) is 13.3. The van der Waals surface area contributed by atoms with E-state index in [-0.39, 0.29) is 18.7 Å². The summed E-state index contributed by atoms with van der Waals surface area (Å²) in [5.74, 6) is 0.203. The highest BCUT2D eigenvalue weighted by Gasteiger charge is 2.21. The quantitative estimate of drug-likeness (QED) is 0.559. The van der Waals surface area contributed by atoms with Gasteiger partial charge < -0.3 is 10.4 Å². The number of halogens is 1. The summed E-state index contributed by atoms with van der Waals surface area (Å²) in [7, 11) is 0. The van der Waals surface area contributed by atoms with E-state index in [1.54, 1.807) is 42.3 Å². The average molecular weight is 375 g/mol. The maximum absolute atomic E-state index is 13.7. The van der Waals surface area contributed by atoms with Gasteiger partial charge in [0.2, 0.25) is 0 Å². The highest BCUT2D eigenvalue weighted by atomic mass is 32.1. The first kappa shape index (κ1) is 18.2. The van der Waals surface area contributed by atoms with Crippen LogP contribution in [-0.4, -0.2) is 50.0 Å². The van der Waals surface area contributed by atoms with Crippen molar-refractivity contribution < 1.29 is 14.3 Å². The van der Waals surface area contributed by atoms with Gasteiger partial charge in [0, 0.05) is 53.3 Å². The predicted octanol–water partition coefficient (Wildman–Crippen LogP) is 1.99. The summed E-state index contributed by atoms with van der Waals surface area (Å²) < 4.78 is 13.7. The molecule has 3 aromatic heterocycles. The molecule has 0 fully saturated rings. The molecule has 7 nitrogen and oxygen atoms in total. The van der Waals surface area contributed by atoms with E-state index in [1.807, 2.05) is 0 Å². The number of alkyl halides is 1. The molecule has 26 heavy (non-hydrogen) atoms. The number of aliphatic hydroxyl groups excluding tert-OH is 1. The standard InChI is InChI=1S/C17H18FN5O2S/c18-13(9-24)5-14(6-16-19-2-1-3-20-16)23-17(25)11-4-15(26-10-11)12-7-21-22-8-12/h1-4,7-8,10,13-14,24H,5-6,9H2,(H,21,22)(H,23,25). The summed E-state index contributed by atoms with van der Waals surface area (Å²) >= 11 is 1.43. The van der Waals surface area contributed by atoms with Crippen LogP contribution in [0.25, 0.3) is 10.4 Å². The molecule has 0 aliphatic rings. The van der Waals surface area contributed by atoms with E-state index in [0.29, 0.717) is 11.4 Å². The van der Waals surface area contributed by atoms with Gasteiger partial charge in [-0.15, -0.1) is 11.3 Å². The SMILES string of the molecule is O=C(NC(Cc1ncccn1)CC(F)CO)c1csc(-c2cn[nH]c2)c1. The molecule has 3 N–H and O–H groups in total. The van der Waals surface area contributed by atoms with Crippen LogP contribution in [0.5, 0.6) is 0 Å². The molecule has 0 bridgehead atoms. The first-order valence-electron chi connectivity index (χ1n) is 8.05. The third kappa shape index (κ3) is 4.70. The van der Waals surface area contributed by atoms with E-state index in [4.69, 9.17) is 5.11 Å². The first-order valence-corrected chi connectivity index (χ1v) is 8.93. The van der Waals surface area contributed by atoms with Crippen LogP contribution in [0.1, 0.15) is 22.6 Å². The number of thiophene rings is 1. The van der Waals surface area contributed by atoms with Crippen molar-refractivity contribution in [3.8, 4) is 10.4 Å². The van der Waals surface area contributed by atoms with Crippen LogP contribution in [-0.2, 0) is 6.42 Å². The van der Waals surface area contributed by atoms with Gasteiger partial charge in [0.05, 0.1) is 18.4 Å². The van der Waals surface area contributed by atoms with Crippen molar-refractivity contribution in [2.75, 3.05) is 6.61 Å². The van der Waals surface area contributed by atoms with Crippen molar-refractivity contribution in [3.63, 3.8) is 0 Å². The summed E-state index contributed by atoms with van der Waals surface area (Å²) in [5, 5.41) is 20.2. The zero-order valence-corrected chi connectivity index (χ0v) is 14.6. The molecule has 3 heterocycles. The number of hydrogen-bond donors (Lipinski definition) is 3. The van der Waals surface area contributed by atoms with Gasteiger partial charge in [0.25, 0.3) is 5.91 Å². The van der Waals surface area contributed by atoms with Crippen LogP contribution in [0.3, 0.4) is 0 Å². The van der Waals surface area contributed by atoms with Crippen LogP contribution in [0, 0.1) is 0 Å². The molecule has 0 saturated heterocycles. The summed E-state index contributed by atoms with van der Waals surface area (Å²) in [6, 6.07) is 2.93. The monoisotopic (exact) mass is 375 g/mol. The molecule has 9 heteroatoms. The molecule has 0 radical (unpaired) electrons. The number of aromatic nitrogens is 4. The fraction of sp³-hybridized carbons (Fsp3) is 0.294. The van der Waals surface area contributed by atoms with Crippen LogP contribution in [0.15, 0.2) is 42.3 Å². The number of rotatable bonds is 8. The predicted molar refractivity (Wildman–Crippen MR) is 95.5 cm³/mol. The summed E-state index contributed by atoms with van der Waals surface area (Å²) in [6.07, 6.45) is 5.46. The van der Waals surface area contributed by atoms with Gasteiger partial charge >= 0.3 is 0 Å². The lowest BCUT2D eigenvalue weighted by Gasteiger charge is -2.19. The van der Waals surface area contributed by atoms with Gasteiger partial charge in [-0.2, -0.15) is 5.10 Å². The molecular weight excluding hydrogens is 357 g/mol. The van der Waals surface area contributed by atoms with Gasteiger partial charge in [-0.05, 0) is 12.1 Å². The lowest BCUT2D eigenvalue weighted by molar-refractivity contribution is 0.0917. The Hall–Kier alpha value is -2.65. The Morgan fingerprint density at radius 1 is 1.38 bits per heavy atom. The Balaban J connectivity index is 1.70. The van der Waals surface area contributed by atoms with Crippen LogP contribution in [0.2, 0.25) is 0 Å². The molecule has 1 amide bonds. The van der Waals surface area contributed by atoms with Gasteiger partial charge in [0.15, 0.2) is 0 Å². The molecule has 0 spiro atoms. The molecule has 0 aliphatic heterocycles. The van der Waals surface area contributed by atoms with Crippen molar-refractivity contribution >= 4 is 17.2 Å². The number of carbonyl (C=O) groups is 1. The summed E-state index contributed by atoms with van der Waals surface area (Å²) in [4.78, 5) is 21.7. The molecule has 3 aromatic rings. The fourth-order valence-electron chi connectivity index (χ4n) is 2.49. The number of nitrogens with zero attached hydrogens (tertiary/aromatic N) is 3. The minimum absolute atomic E-state index is 0.0147. The fourth-order valence-corrected chi connectivity index (χ4v) is 3.37. The number of H-pyrrole nitrogens is 1. The van der Waals surface area contributed by atoms with Gasteiger partial charge in [-0.25, -0.2) is 14.4 Å². The van der Waals surface area contributed by atoms with E-state index in [9.17, 15) is 9.18 Å². The number of nitrogens with one attached hydrogen (secondary N) is 2. The highest BCUT2D eigenvalue weighted by molar-refractivity contribution is 7.13. The van der Waals surface area contributed by atoms with E-state index in [1.165, 1.54) is 11.3 Å². The maximum atomic E-state index is 13.7. The number of carbonyl (C=O) groups excluding carboxylic acids is 1. The van der Waals surface area contributed by atoms with Gasteiger partial charge in [-0.1, -0.05) is 0 Å². The minimum atomic E-state index is -1.42. The van der Waals surface area contributed by atoms with E-state index < -0.39 is 18.8 Å². The molecule has 0 aliphatic carbocycles. The number of aromatic amines is 1. The molecule has 136 valence electrons. The topological polar surface area (TPSA) is 104 Å². The number of hydrogen-bond acceptors (Lipinski definition) is 6. The Morgan fingerprint density at radius 2 is 2.19 bits per heavy atom. The van der Waals surface area contributed by atoms with E-state index >= 15 is 0 Å². The van der Waals surface area contributed by atoms with Crippen molar-refractivity contribution in [3.05, 3.63) is 53.7 Å². The smallest absolute Gasteiger partial charge is 0.252 e. The zero-order chi connectivity index (χ0) is 18.4. The summed E-state index contributed by atoms with van der Waals surface area (Å²) in [5.41, 5.74) is 1.39. The van der Waals surface area contributed by atoms with Crippen LogP contribution in [0.4, 0.5) is 4.39 Å². The lowest BCUT2D eigenvalue weighted by atomic mass is 10.1. The average Bonchev–Trinajstić information content (AvgIpc) is 3.33. The van der Waals surface area contributed by atoms with Crippen molar-refractivity contribution in [1.82, 2.24) is 25.5 Å². The zero-order valence-electron chi connectivity index (χ0n) is 13.8. The summed E-state index contributed by atoms with van der Waals surface area (Å²) in [6.45, 7) is -0.592. The number of aliphatic hydroxyl groups is 1. The first-order chi connectivity index (χ1) is 12.7. The van der Waals surface area contributed by atoms with Crippen molar-refractivity contribution in [2.24, 2.45) is 0 Å². The van der Waals surface area contributed by atoms with Crippen LogP contribution >= 0.6 is 11.3 Å². The second kappa shape index (κ2) is 8.63. The molecule has 3 rings (SSSR count). The largest absolute Gasteiger partial charge is 0.393 e. The van der Waals surface area contributed by atoms with Crippen molar-refractivity contribution in [2.45, 2.75) is 25.1 Å². The van der Waals surface area contributed by atoms with Crippen molar-refractivity contribution in [1.29, 1.82) is 0 Å². The molecular formula is C17H18FN5O2S. The third-order valence-corrected chi connectivity index (χ3v) is 4.75. The highest BCUT2D eigenvalue weighted by Crippen LogP contribution is 2.26. The van der Waals surface area contributed by atoms with Gasteiger partial charge in [-0.3, -0.25) is 9.89 Å². The second-order valence-electron chi connectivity index (χ2n) is 5.74. The Labute approximate surface area is 153 Å². The Kier molecular flexibility index (Phi) is 6.03.